The van der Waals surface area contributed by atoms with Gasteiger partial charge in [0.25, 0.3) is 0 Å². The molecule has 0 saturated carbocycles. The number of hydrogen-bond acceptors (Lipinski definition) is 5. The summed E-state index contributed by atoms with van der Waals surface area (Å²) in [6.07, 6.45) is 0.591. The van der Waals surface area contributed by atoms with E-state index in [1.165, 1.54) is 18.2 Å². The second-order valence-corrected chi connectivity index (χ2v) is 9.22. The number of anilines is 1. The van der Waals surface area contributed by atoms with Gasteiger partial charge in [0, 0.05) is 12.5 Å². The third-order valence-corrected chi connectivity index (χ3v) is 7.17. The van der Waals surface area contributed by atoms with Gasteiger partial charge in [-0.05, 0) is 44.0 Å². The molecule has 1 N–H and O–H groups in total. The largest absolute Gasteiger partial charge is 0.273 e. The molecular formula is C14H20N2O5S2. The molecule has 1 fully saturated rings. The van der Waals surface area contributed by atoms with Crippen LogP contribution in [0.2, 0.25) is 0 Å². The van der Waals surface area contributed by atoms with Crippen LogP contribution < -0.4 is 9.03 Å². The predicted octanol–water partition coefficient (Wildman–Crippen LogP) is 1.14. The molecule has 1 atom stereocenters. The Morgan fingerprint density at radius 2 is 2.00 bits per heavy atom. The molecule has 0 unspecified atom stereocenters. The van der Waals surface area contributed by atoms with Gasteiger partial charge in [-0.3, -0.25) is 4.79 Å². The summed E-state index contributed by atoms with van der Waals surface area (Å²) in [5, 5.41) is 0. The summed E-state index contributed by atoms with van der Waals surface area (Å²) in [5.41, 5.74) is 0.556. The summed E-state index contributed by atoms with van der Waals surface area (Å²) < 4.78 is 51.8. The maximum absolute atomic E-state index is 12.3. The molecule has 23 heavy (non-hydrogen) atoms. The third-order valence-electron chi connectivity index (χ3n) is 3.73. The predicted molar refractivity (Wildman–Crippen MR) is 87.1 cm³/mol. The minimum absolute atomic E-state index is 0.0585. The molecule has 1 saturated heterocycles. The first-order chi connectivity index (χ1) is 10.6. The van der Waals surface area contributed by atoms with Crippen LogP contribution in [0.4, 0.5) is 5.69 Å². The Morgan fingerprint density at radius 3 is 2.48 bits per heavy atom. The second-order valence-electron chi connectivity index (χ2n) is 5.60. The molecule has 7 nitrogen and oxygen atoms in total. The van der Waals surface area contributed by atoms with E-state index in [0.29, 0.717) is 12.0 Å². The van der Waals surface area contributed by atoms with Gasteiger partial charge < -0.3 is 0 Å². The molecule has 9 heteroatoms. The standard InChI is InChI=1S/C14H20N2O5S2/c1-4-11(3)15-23(20,21)13-6-5-12(9-10(13)2)16-14(17)7-8-22(16,18)19/h5-6,9,11,15H,4,7-8H2,1-3H3/t11-/m1/s1. The molecule has 1 aromatic carbocycles. The first-order valence-corrected chi connectivity index (χ1v) is 10.4. The van der Waals surface area contributed by atoms with Gasteiger partial charge in [0.05, 0.1) is 16.3 Å². The highest BCUT2D eigenvalue weighted by Gasteiger charge is 2.36. The molecule has 1 heterocycles. The number of amides is 1. The molecule has 1 aromatic rings. The number of aryl methyl sites for hydroxylation is 1. The molecule has 128 valence electrons. The van der Waals surface area contributed by atoms with Crippen LogP contribution in [0.15, 0.2) is 23.1 Å². The Balaban J connectivity index is 2.41. The van der Waals surface area contributed by atoms with Gasteiger partial charge >= 0.3 is 0 Å². The highest BCUT2D eigenvalue weighted by molar-refractivity contribution is 7.94. The number of nitrogens with one attached hydrogen (secondary N) is 1. The lowest BCUT2D eigenvalue weighted by atomic mass is 10.2. The average Bonchev–Trinajstić information content (AvgIpc) is 2.71. The van der Waals surface area contributed by atoms with E-state index in [1.807, 2.05) is 6.92 Å². The normalized spacial score (nSPS) is 19.1. The zero-order valence-electron chi connectivity index (χ0n) is 13.2. The number of hydrogen-bond donors (Lipinski definition) is 1. The van der Waals surface area contributed by atoms with E-state index in [2.05, 4.69) is 4.72 Å². The smallest absolute Gasteiger partial charge is 0.242 e. The fourth-order valence-electron chi connectivity index (χ4n) is 2.34. The van der Waals surface area contributed by atoms with Crippen LogP contribution >= 0.6 is 0 Å². The van der Waals surface area contributed by atoms with Crippen molar-refractivity contribution in [2.45, 2.75) is 44.6 Å². The van der Waals surface area contributed by atoms with Gasteiger partial charge in [-0.1, -0.05) is 6.92 Å². The Kier molecular flexibility index (Phi) is 4.84. The molecule has 0 bridgehead atoms. The molecule has 1 aliphatic heterocycles. The Labute approximate surface area is 136 Å². The highest BCUT2D eigenvalue weighted by atomic mass is 32.2. The Bertz CT molecular complexity index is 831. The SMILES string of the molecule is CC[C@@H](C)NS(=O)(=O)c1ccc(N2C(=O)CCS2(=O)=O)cc1C. The first-order valence-electron chi connectivity index (χ1n) is 7.27. The van der Waals surface area contributed by atoms with Crippen LogP contribution in [-0.2, 0) is 24.8 Å². The summed E-state index contributed by atoms with van der Waals surface area (Å²) >= 11 is 0. The zero-order valence-corrected chi connectivity index (χ0v) is 14.9. The van der Waals surface area contributed by atoms with E-state index in [-0.39, 0.29) is 28.8 Å². The van der Waals surface area contributed by atoms with E-state index in [4.69, 9.17) is 0 Å². The van der Waals surface area contributed by atoms with E-state index >= 15 is 0 Å². The van der Waals surface area contributed by atoms with E-state index in [1.54, 1.807) is 13.8 Å². The fraction of sp³-hybridized carbons (Fsp3) is 0.500. The van der Waals surface area contributed by atoms with Crippen molar-refractivity contribution in [3.05, 3.63) is 23.8 Å². The van der Waals surface area contributed by atoms with Crippen molar-refractivity contribution in [3.63, 3.8) is 0 Å². The van der Waals surface area contributed by atoms with Gasteiger partial charge in [-0.15, -0.1) is 0 Å². The van der Waals surface area contributed by atoms with Gasteiger partial charge in [0.2, 0.25) is 26.0 Å². The second kappa shape index (κ2) is 6.21. The van der Waals surface area contributed by atoms with Crippen LogP contribution in [0, 0.1) is 6.92 Å². The van der Waals surface area contributed by atoms with Crippen molar-refractivity contribution in [1.82, 2.24) is 4.72 Å². The summed E-state index contributed by atoms with van der Waals surface area (Å²) in [6, 6.07) is 3.88. The number of rotatable bonds is 5. The van der Waals surface area contributed by atoms with Crippen molar-refractivity contribution < 1.29 is 21.6 Å². The monoisotopic (exact) mass is 360 g/mol. The van der Waals surface area contributed by atoms with Crippen LogP contribution in [0.5, 0.6) is 0 Å². The lowest BCUT2D eigenvalue weighted by Crippen LogP contribution is -2.33. The van der Waals surface area contributed by atoms with Crippen LogP contribution in [0.25, 0.3) is 0 Å². The van der Waals surface area contributed by atoms with Crippen molar-refractivity contribution in [2.24, 2.45) is 0 Å². The Morgan fingerprint density at radius 1 is 1.35 bits per heavy atom. The van der Waals surface area contributed by atoms with Gasteiger partial charge in [-0.25, -0.2) is 25.9 Å². The van der Waals surface area contributed by atoms with Crippen LogP contribution in [0.3, 0.4) is 0 Å². The summed E-state index contributed by atoms with van der Waals surface area (Å²) in [7, 11) is -7.35. The minimum atomic E-state index is -3.69. The molecule has 0 radical (unpaired) electrons. The number of sulfonamides is 2. The highest BCUT2D eigenvalue weighted by Crippen LogP contribution is 2.28. The fourth-order valence-corrected chi connectivity index (χ4v) is 5.35. The minimum Gasteiger partial charge on any atom is -0.273 e. The number of carbonyl (C=O) groups excluding carboxylic acids is 1. The lowest BCUT2D eigenvalue weighted by molar-refractivity contribution is -0.116. The maximum Gasteiger partial charge on any atom is 0.242 e. The van der Waals surface area contributed by atoms with Gasteiger partial charge in [0.1, 0.15) is 0 Å². The maximum atomic E-state index is 12.3. The average molecular weight is 360 g/mol. The summed E-state index contributed by atoms with van der Waals surface area (Å²) in [5.74, 6) is -0.724. The molecule has 0 aromatic heterocycles. The van der Waals surface area contributed by atoms with Crippen molar-refractivity contribution in [3.8, 4) is 0 Å². The molecular weight excluding hydrogens is 340 g/mol. The summed E-state index contributed by atoms with van der Waals surface area (Å²) in [6.45, 7) is 5.20. The van der Waals surface area contributed by atoms with E-state index < -0.39 is 26.0 Å². The Hall–Kier alpha value is -1.45. The third kappa shape index (κ3) is 3.56. The van der Waals surface area contributed by atoms with E-state index in [9.17, 15) is 21.6 Å². The lowest BCUT2D eigenvalue weighted by Gasteiger charge is -2.18. The van der Waals surface area contributed by atoms with Crippen LogP contribution in [-0.4, -0.2) is 34.5 Å². The molecule has 1 aliphatic rings. The van der Waals surface area contributed by atoms with Crippen molar-refractivity contribution >= 4 is 31.6 Å². The number of nitrogens with zero attached hydrogens (tertiary/aromatic N) is 1. The van der Waals surface area contributed by atoms with Crippen molar-refractivity contribution in [1.29, 1.82) is 0 Å². The molecule has 1 amide bonds. The number of benzene rings is 1. The molecule has 2 rings (SSSR count). The van der Waals surface area contributed by atoms with Gasteiger partial charge in [-0.2, -0.15) is 0 Å². The summed E-state index contributed by atoms with van der Waals surface area (Å²) in [4.78, 5) is 11.9. The van der Waals surface area contributed by atoms with Gasteiger partial charge in [0.15, 0.2) is 0 Å². The topological polar surface area (TPSA) is 101 Å². The van der Waals surface area contributed by atoms with Crippen LogP contribution in [0.1, 0.15) is 32.3 Å². The van der Waals surface area contributed by atoms with E-state index in [0.717, 1.165) is 4.31 Å². The zero-order chi connectivity index (χ0) is 17.4. The quantitative estimate of drug-likeness (QED) is 0.848. The molecule has 0 aliphatic carbocycles. The number of carbonyl (C=O) groups is 1. The first kappa shape index (κ1) is 17.9. The van der Waals surface area contributed by atoms with Crippen molar-refractivity contribution in [2.75, 3.05) is 10.1 Å². The molecule has 0 spiro atoms.